The molecule has 4 heteroatoms. The van der Waals surface area contributed by atoms with E-state index in [1.165, 1.54) is 21.3 Å². The van der Waals surface area contributed by atoms with Crippen molar-refractivity contribution >= 4 is 9.24 Å². The minimum atomic E-state index is -0.870. The molecule has 0 N–H and O–H groups in total. The Morgan fingerprint density at radius 3 is 1.44 bits per heavy atom. The maximum Gasteiger partial charge on any atom is 0.285 e. The molecule has 3 nitrogen and oxygen atoms in total. The normalized spacial score (nSPS) is 12.0. The second-order valence-electron chi connectivity index (χ2n) is 1.50. The second-order valence-corrected chi connectivity index (χ2v) is 1.91. The number of ether oxygens (including phenoxy) is 3. The molecule has 0 aromatic rings. The molecule has 56 valence electrons. The summed E-state index contributed by atoms with van der Waals surface area (Å²) in [6.45, 7) is 0. The van der Waals surface area contributed by atoms with Gasteiger partial charge in [-0.15, -0.1) is 9.24 Å². The molecule has 0 aliphatic heterocycles. The van der Waals surface area contributed by atoms with Gasteiger partial charge in [0.1, 0.15) is 0 Å². The molecule has 0 aromatic heterocycles. The molecule has 0 radical (unpaired) electrons. The van der Waals surface area contributed by atoms with Gasteiger partial charge in [-0.05, 0) is 0 Å². The molecule has 0 saturated carbocycles. The highest BCUT2D eigenvalue weighted by molar-refractivity contribution is 7.16. The zero-order chi connectivity index (χ0) is 7.33. The molecule has 0 amide bonds. The summed E-state index contributed by atoms with van der Waals surface area (Å²) in [7, 11) is 7.10. The summed E-state index contributed by atoms with van der Waals surface area (Å²) in [5.41, 5.74) is 0. The Kier molecular flexibility index (Phi) is 4.32. The van der Waals surface area contributed by atoms with E-state index in [1.807, 2.05) is 0 Å². The monoisotopic (exact) mass is 152 g/mol. The lowest BCUT2D eigenvalue weighted by atomic mass is 10.6. The number of hydrogen-bond acceptors (Lipinski definition) is 3. The topological polar surface area (TPSA) is 27.7 Å². The SMILES string of the molecule is COC(CP)(OC)OC. The summed E-state index contributed by atoms with van der Waals surface area (Å²) in [5, 5.41) is 0. The average molecular weight is 152 g/mol. The van der Waals surface area contributed by atoms with Crippen molar-refractivity contribution in [2.24, 2.45) is 0 Å². The lowest BCUT2D eigenvalue weighted by Crippen LogP contribution is -2.37. The first-order valence-corrected chi connectivity index (χ1v) is 3.42. The van der Waals surface area contributed by atoms with Gasteiger partial charge in [0, 0.05) is 27.5 Å². The van der Waals surface area contributed by atoms with Crippen molar-refractivity contribution in [3.05, 3.63) is 0 Å². The van der Waals surface area contributed by atoms with Crippen LogP contribution in [0.3, 0.4) is 0 Å². The van der Waals surface area contributed by atoms with Crippen LogP contribution in [0.4, 0.5) is 0 Å². The van der Waals surface area contributed by atoms with Crippen LogP contribution in [-0.2, 0) is 14.2 Å². The first-order chi connectivity index (χ1) is 4.24. The van der Waals surface area contributed by atoms with Crippen molar-refractivity contribution in [1.82, 2.24) is 0 Å². The van der Waals surface area contributed by atoms with Gasteiger partial charge in [0.05, 0.1) is 0 Å². The third-order valence-corrected chi connectivity index (χ3v) is 1.68. The molecule has 1 unspecified atom stereocenters. The average Bonchev–Trinajstić information content (AvgIpc) is 1.95. The van der Waals surface area contributed by atoms with E-state index in [1.54, 1.807) is 0 Å². The molecule has 0 heterocycles. The highest BCUT2D eigenvalue weighted by atomic mass is 31.0. The molecule has 0 fully saturated rings. The van der Waals surface area contributed by atoms with Crippen LogP contribution in [0.25, 0.3) is 0 Å². The van der Waals surface area contributed by atoms with Crippen molar-refractivity contribution in [3.8, 4) is 0 Å². The van der Waals surface area contributed by atoms with Crippen LogP contribution < -0.4 is 0 Å². The van der Waals surface area contributed by atoms with Gasteiger partial charge in [-0.2, -0.15) is 0 Å². The molecule has 0 saturated heterocycles. The van der Waals surface area contributed by atoms with Crippen LogP contribution in [0, 0.1) is 0 Å². The van der Waals surface area contributed by atoms with Gasteiger partial charge in [-0.3, -0.25) is 0 Å². The largest absolute Gasteiger partial charge is 0.331 e. The van der Waals surface area contributed by atoms with Crippen molar-refractivity contribution in [3.63, 3.8) is 0 Å². The van der Waals surface area contributed by atoms with E-state index in [0.717, 1.165) is 0 Å². The van der Waals surface area contributed by atoms with Gasteiger partial charge in [-0.25, -0.2) is 0 Å². The number of methoxy groups -OCH3 is 3. The van der Waals surface area contributed by atoms with Crippen molar-refractivity contribution in [2.45, 2.75) is 5.97 Å². The fourth-order valence-electron chi connectivity index (χ4n) is 0.500. The molecule has 0 aliphatic carbocycles. The third-order valence-electron chi connectivity index (χ3n) is 1.18. The lowest BCUT2D eigenvalue weighted by Gasteiger charge is -2.26. The number of hydrogen-bond donors (Lipinski definition) is 0. The van der Waals surface area contributed by atoms with E-state index in [2.05, 4.69) is 9.24 Å². The molecular weight excluding hydrogens is 139 g/mol. The smallest absolute Gasteiger partial charge is 0.285 e. The van der Waals surface area contributed by atoms with Gasteiger partial charge in [0.25, 0.3) is 5.97 Å². The molecule has 9 heavy (non-hydrogen) atoms. The van der Waals surface area contributed by atoms with Gasteiger partial charge >= 0.3 is 0 Å². The molecule has 1 atom stereocenters. The van der Waals surface area contributed by atoms with Crippen LogP contribution in [-0.4, -0.2) is 33.5 Å². The Labute approximate surface area is 57.9 Å². The second kappa shape index (κ2) is 4.18. The van der Waals surface area contributed by atoms with Crippen LogP contribution in [0.2, 0.25) is 0 Å². The van der Waals surface area contributed by atoms with Gasteiger partial charge < -0.3 is 14.2 Å². The molecular formula is C5H13O3P. The summed E-state index contributed by atoms with van der Waals surface area (Å²) in [6.07, 6.45) is 0.594. The van der Waals surface area contributed by atoms with E-state index in [4.69, 9.17) is 14.2 Å². The van der Waals surface area contributed by atoms with E-state index < -0.39 is 5.97 Å². The Balaban J connectivity index is 3.82. The first kappa shape index (κ1) is 9.31. The van der Waals surface area contributed by atoms with Crippen LogP contribution in [0.15, 0.2) is 0 Å². The fourth-order valence-corrected chi connectivity index (χ4v) is 1.00. The van der Waals surface area contributed by atoms with E-state index in [0.29, 0.717) is 6.16 Å². The van der Waals surface area contributed by atoms with Crippen molar-refractivity contribution in [1.29, 1.82) is 0 Å². The summed E-state index contributed by atoms with van der Waals surface area (Å²) in [5.74, 6) is -0.870. The van der Waals surface area contributed by atoms with Crippen LogP contribution in [0.1, 0.15) is 0 Å². The zero-order valence-corrected chi connectivity index (χ0v) is 7.16. The summed E-state index contributed by atoms with van der Waals surface area (Å²) >= 11 is 0. The predicted molar refractivity (Wildman–Crippen MR) is 38.3 cm³/mol. The quantitative estimate of drug-likeness (QED) is 0.432. The maximum absolute atomic E-state index is 4.92. The van der Waals surface area contributed by atoms with Gasteiger partial charge in [0.15, 0.2) is 0 Å². The minimum Gasteiger partial charge on any atom is -0.331 e. The van der Waals surface area contributed by atoms with E-state index in [-0.39, 0.29) is 0 Å². The van der Waals surface area contributed by atoms with Gasteiger partial charge in [0.2, 0.25) is 0 Å². The van der Waals surface area contributed by atoms with Crippen LogP contribution in [0.5, 0.6) is 0 Å². The van der Waals surface area contributed by atoms with Crippen molar-refractivity contribution in [2.75, 3.05) is 27.5 Å². The van der Waals surface area contributed by atoms with E-state index >= 15 is 0 Å². The Morgan fingerprint density at radius 1 is 1.11 bits per heavy atom. The fraction of sp³-hybridized carbons (Fsp3) is 1.00. The van der Waals surface area contributed by atoms with Crippen molar-refractivity contribution < 1.29 is 14.2 Å². The molecule has 0 spiro atoms. The molecule has 0 aliphatic rings. The van der Waals surface area contributed by atoms with E-state index in [9.17, 15) is 0 Å². The predicted octanol–water partition coefficient (Wildman–Crippen LogP) is 0.455. The first-order valence-electron chi connectivity index (χ1n) is 2.60. The Bertz CT molecular complexity index is 55.1. The number of rotatable bonds is 4. The third kappa shape index (κ3) is 2.18. The maximum atomic E-state index is 4.92. The molecule has 0 aromatic carbocycles. The van der Waals surface area contributed by atoms with Gasteiger partial charge in [-0.1, -0.05) is 0 Å². The summed E-state index contributed by atoms with van der Waals surface area (Å²) in [6, 6.07) is 0. The molecule has 0 rings (SSSR count). The lowest BCUT2D eigenvalue weighted by molar-refractivity contribution is -0.336. The minimum absolute atomic E-state index is 0.594. The summed E-state index contributed by atoms with van der Waals surface area (Å²) < 4.78 is 14.8. The highest BCUT2D eigenvalue weighted by Crippen LogP contribution is 2.14. The zero-order valence-electron chi connectivity index (χ0n) is 6.01. The standard InChI is InChI=1S/C5H13O3P/c1-6-5(4-9,7-2)8-3/h4,9H2,1-3H3. The Hall–Kier alpha value is 0.310. The van der Waals surface area contributed by atoms with Crippen LogP contribution >= 0.6 is 9.24 Å². The Morgan fingerprint density at radius 2 is 1.44 bits per heavy atom. The molecule has 0 bridgehead atoms. The summed E-state index contributed by atoms with van der Waals surface area (Å²) in [4.78, 5) is 0. The highest BCUT2D eigenvalue weighted by Gasteiger charge is 2.26.